The summed E-state index contributed by atoms with van der Waals surface area (Å²) in [7, 11) is 0. The van der Waals surface area contributed by atoms with E-state index in [1.54, 1.807) is 24.3 Å². The molecule has 0 radical (unpaired) electrons. The van der Waals surface area contributed by atoms with Gasteiger partial charge < -0.3 is 5.32 Å². The maximum atomic E-state index is 10.5. The molecule has 0 heterocycles. The van der Waals surface area contributed by atoms with Crippen LogP contribution >= 0.6 is 11.8 Å². The Kier molecular flexibility index (Phi) is 6.65. The fraction of sp³-hybridized carbons (Fsp3) is 0.500. The molecule has 5 heteroatoms. The van der Waals surface area contributed by atoms with Gasteiger partial charge in [-0.25, -0.2) is 0 Å². The minimum absolute atomic E-state index is 0.146. The number of benzene rings is 1. The predicted molar refractivity (Wildman–Crippen MR) is 72.4 cm³/mol. The first-order chi connectivity index (χ1) is 8.24. The van der Waals surface area contributed by atoms with E-state index < -0.39 is 0 Å². The third-order valence-electron chi connectivity index (χ3n) is 2.32. The molecule has 0 saturated carbocycles. The van der Waals surface area contributed by atoms with Gasteiger partial charge in [-0.1, -0.05) is 19.1 Å². The molecule has 0 aliphatic rings. The van der Waals surface area contributed by atoms with Crippen LogP contribution in [0.3, 0.4) is 0 Å². The molecular formula is C12H18N2O2S. The Bertz CT molecular complexity index is 341. The van der Waals surface area contributed by atoms with E-state index in [-0.39, 0.29) is 10.6 Å². The van der Waals surface area contributed by atoms with Gasteiger partial charge in [0.2, 0.25) is 0 Å². The monoisotopic (exact) mass is 254 g/mol. The molecular weight excluding hydrogens is 236 g/mol. The summed E-state index contributed by atoms with van der Waals surface area (Å²) in [5.74, 6) is 2.35. The van der Waals surface area contributed by atoms with Crippen molar-refractivity contribution in [2.45, 2.75) is 19.9 Å². The van der Waals surface area contributed by atoms with Gasteiger partial charge in [0, 0.05) is 18.7 Å². The number of non-ortho nitro benzene ring substituents is 1. The van der Waals surface area contributed by atoms with Crippen molar-refractivity contribution in [3.63, 3.8) is 0 Å². The van der Waals surface area contributed by atoms with E-state index in [1.807, 2.05) is 11.8 Å². The minimum Gasteiger partial charge on any atom is -0.313 e. The van der Waals surface area contributed by atoms with Crippen molar-refractivity contribution < 1.29 is 4.92 Å². The molecule has 94 valence electrons. The Balaban J connectivity index is 2.21. The highest BCUT2D eigenvalue weighted by Crippen LogP contribution is 2.11. The number of nitro benzene ring substituents is 1. The Morgan fingerprint density at radius 1 is 1.35 bits per heavy atom. The maximum absolute atomic E-state index is 10.5. The second-order valence-electron chi connectivity index (χ2n) is 3.65. The molecule has 0 aromatic heterocycles. The van der Waals surface area contributed by atoms with Crippen LogP contribution in [0, 0.1) is 10.1 Å². The van der Waals surface area contributed by atoms with E-state index in [9.17, 15) is 10.1 Å². The summed E-state index contributed by atoms with van der Waals surface area (Å²) in [6.07, 6.45) is 1.16. The third kappa shape index (κ3) is 5.70. The summed E-state index contributed by atoms with van der Waals surface area (Å²) in [5.41, 5.74) is 1.23. The molecule has 1 aromatic rings. The van der Waals surface area contributed by atoms with Gasteiger partial charge in [0.15, 0.2) is 0 Å². The molecule has 0 saturated heterocycles. The fourth-order valence-electron chi connectivity index (χ4n) is 1.41. The van der Waals surface area contributed by atoms with Crippen molar-refractivity contribution in [2.24, 2.45) is 0 Å². The van der Waals surface area contributed by atoms with Crippen LogP contribution in [0.15, 0.2) is 24.3 Å². The van der Waals surface area contributed by atoms with Gasteiger partial charge in [0.25, 0.3) is 5.69 Å². The lowest BCUT2D eigenvalue weighted by atomic mass is 10.2. The molecule has 0 aliphatic heterocycles. The van der Waals surface area contributed by atoms with E-state index in [0.29, 0.717) is 0 Å². The number of nitrogens with zero attached hydrogens (tertiary/aromatic N) is 1. The van der Waals surface area contributed by atoms with Crippen molar-refractivity contribution in [3.05, 3.63) is 39.9 Å². The lowest BCUT2D eigenvalue weighted by Crippen LogP contribution is -2.15. The molecule has 4 nitrogen and oxygen atoms in total. The Hall–Kier alpha value is -1.07. The van der Waals surface area contributed by atoms with E-state index >= 15 is 0 Å². The van der Waals surface area contributed by atoms with Crippen LogP contribution in [0.4, 0.5) is 5.69 Å². The first-order valence-corrected chi connectivity index (χ1v) is 6.91. The molecule has 1 N–H and O–H groups in total. The smallest absolute Gasteiger partial charge is 0.269 e. The Morgan fingerprint density at radius 3 is 2.65 bits per heavy atom. The zero-order chi connectivity index (χ0) is 12.5. The molecule has 0 fully saturated rings. The van der Waals surface area contributed by atoms with Crippen molar-refractivity contribution in [1.82, 2.24) is 5.32 Å². The Labute approximate surface area is 106 Å². The van der Waals surface area contributed by atoms with Crippen molar-refractivity contribution >= 4 is 17.4 Å². The van der Waals surface area contributed by atoms with Gasteiger partial charge in [0.05, 0.1) is 4.92 Å². The number of nitro groups is 1. The van der Waals surface area contributed by atoms with E-state index in [4.69, 9.17) is 0 Å². The van der Waals surface area contributed by atoms with Crippen molar-refractivity contribution in [2.75, 3.05) is 18.1 Å². The molecule has 1 aromatic carbocycles. The molecule has 0 bridgehead atoms. The minimum atomic E-state index is -0.376. The lowest BCUT2D eigenvalue weighted by Gasteiger charge is -2.04. The SMILES string of the molecule is CCSCCCNCc1ccc([N+](=O)[O-])cc1. The second kappa shape index (κ2) is 8.08. The maximum Gasteiger partial charge on any atom is 0.269 e. The Morgan fingerprint density at radius 2 is 2.06 bits per heavy atom. The molecule has 1 rings (SSSR count). The van der Waals surface area contributed by atoms with E-state index in [2.05, 4.69) is 12.2 Å². The summed E-state index contributed by atoms with van der Waals surface area (Å²) < 4.78 is 0. The topological polar surface area (TPSA) is 55.2 Å². The van der Waals surface area contributed by atoms with Crippen molar-refractivity contribution in [1.29, 1.82) is 0 Å². The van der Waals surface area contributed by atoms with Crippen LogP contribution in [0.5, 0.6) is 0 Å². The highest BCUT2D eigenvalue weighted by atomic mass is 32.2. The summed E-state index contributed by atoms with van der Waals surface area (Å²) >= 11 is 1.94. The standard InChI is InChI=1S/C12H18N2O2S/c1-2-17-9-3-8-13-10-11-4-6-12(7-5-11)14(15)16/h4-7,13H,2-3,8-10H2,1H3. The first-order valence-electron chi connectivity index (χ1n) is 5.76. The predicted octanol–water partition coefficient (Wildman–Crippen LogP) is 2.83. The summed E-state index contributed by atoms with van der Waals surface area (Å²) in [4.78, 5) is 10.1. The summed E-state index contributed by atoms with van der Waals surface area (Å²) in [6, 6.07) is 6.69. The van der Waals surface area contributed by atoms with Gasteiger partial charge in [-0.3, -0.25) is 10.1 Å². The fourth-order valence-corrected chi connectivity index (χ4v) is 2.05. The molecule has 0 atom stereocenters. The van der Waals surface area contributed by atoms with Gasteiger partial charge >= 0.3 is 0 Å². The summed E-state index contributed by atoms with van der Waals surface area (Å²) in [6.45, 7) is 3.92. The van der Waals surface area contributed by atoms with Gasteiger partial charge in [-0.15, -0.1) is 0 Å². The molecule has 0 spiro atoms. The van der Waals surface area contributed by atoms with Crippen LogP contribution in [0.25, 0.3) is 0 Å². The summed E-state index contributed by atoms with van der Waals surface area (Å²) in [5, 5.41) is 13.8. The highest BCUT2D eigenvalue weighted by Gasteiger charge is 2.03. The highest BCUT2D eigenvalue weighted by molar-refractivity contribution is 7.99. The zero-order valence-electron chi connectivity index (χ0n) is 10.0. The average Bonchev–Trinajstić information content (AvgIpc) is 2.34. The van der Waals surface area contributed by atoms with Gasteiger partial charge in [0.1, 0.15) is 0 Å². The van der Waals surface area contributed by atoms with E-state index in [1.165, 1.54) is 11.5 Å². The number of nitrogens with one attached hydrogen (secondary N) is 1. The quantitative estimate of drug-likeness (QED) is 0.440. The number of thioether (sulfide) groups is 1. The van der Waals surface area contributed by atoms with E-state index in [0.717, 1.165) is 25.1 Å². The molecule has 0 aliphatic carbocycles. The first kappa shape index (κ1) is 14.0. The number of hydrogen-bond acceptors (Lipinski definition) is 4. The average molecular weight is 254 g/mol. The lowest BCUT2D eigenvalue weighted by molar-refractivity contribution is -0.384. The molecule has 17 heavy (non-hydrogen) atoms. The van der Waals surface area contributed by atoms with Crippen LogP contribution in [0.2, 0.25) is 0 Å². The van der Waals surface area contributed by atoms with Crippen LogP contribution in [0.1, 0.15) is 18.9 Å². The van der Waals surface area contributed by atoms with Gasteiger partial charge in [-0.2, -0.15) is 11.8 Å². The largest absolute Gasteiger partial charge is 0.313 e. The molecule has 0 amide bonds. The van der Waals surface area contributed by atoms with Crippen LogP contribution in [-0.4, -0.2) is 23.0 Å². The van der Waals surface area contributed by atoms with Gasteiger partial charge in [-0.05, 0) is 30.0 Å². The van der Waals surface area contributed by atoms with Crippen molar-refractivity contribution in [3.8, 4) is 0 Å². The second-order valence-corrected chi connectivity index (χ2v) is 5.04. The number of rotatable bonds is 8. The zero-order valence-corrected chi connectivity index (χ0v) is 10.8. The molecule has 0 unspecified atom stereocenters. The normalized spacial score (nSPS) is 10.4. The number of hydrogen-bond donors (Lipinski definition) is 1. The van der Waals surface area contributed by atoms with Crippen LogP contribution < -0.4 is 5.32 Å². The third-order valence-corrected chi connectivity index (χ3v) is 3.31. The van der Waals surface area contributed by atoms with Crippen LogP contribution in [-0.2, 0) is 6.54 Å².